The Morgan fingerprint density at radius 2 is 1.94 bits per heavy atom. The highest BCUT2D eigenvalue weighted by Gasteiger charge is 2.03. The Morgan fingerprint density at radius 1 is 1.29 bits per heavy atom. The van der Waals surface area contributed by atoms with Crippen molar-refractivity contribution in [2.75, 3.05) is 11.9 Å². The van der Waals surface area contributed by atoms with E-state index >= 15 is 0 Å². The molecule has 0 fully saturated rings. The number of anilines is 1. The van der Waals surface area contributed by atoms with Crippen molar-refractivity contribution >= 4 is 17.7 Å². The summed E-state index contributed by atoms with van der Waals surface area (Å²) in [5.41, 5.74) is 1.39. The number of hydrogen-bond donors (Lipinski definition) is 3. The molecule has 6 nitrogen and oxygen atoms in total. The number of amides is 2. The fraction of sp³-hybridized carbons (Fsp3) is 0.182. The fourth-order valence-electron chi connectivity index (χ4n) is 1.13. The van der Waals surface area contributed by atoms with Gasteiger partial charge in [-0.1, -0.05) is 12.1 Å². The van der Waals surface area contributed by atoms with Gasteiger partial charge in [0.2, 0.25) is 0 Å². The molecule has 1 rings (SSSR count). The second-order valence-corrected chi connectivity index (χ2v) is 3.23. The van der Waals surface area contributed by atoms with Crippen molar-refractivity contribution in [3.05, 3.63) is 29.8 Å². The minimum absolute atomic E-state index is 0.311. The Bertz CT molecular complexity index is 448. The Hall–Kier alpha value is -2.55. The van der Waals surface area contributed by atoms with E-state index in [0.717, 1.165) is 5.56 Å². The maximum Gasteiger partial charge on any atom is 0.323 e. The molecular formula is C11H11N3O3. The molecule has 1 aromatic rings. The lowest BCUT2D eigenvalue weighted by Crippen LogP contribution is -2.33. The molecule has 0 saturated carbocycles. The lowest BCUT2D eigenvalue weighted by Gasteiger charge is -2.06. The largest absolute Gasteiger partial charge is 0.480 e. The number of carboxylic acids is 1. The first-order chi connectivity index (χ1) is 8.11. The van der Waals surface area contributed by atoms with E-state index in [2.05, 4.69) is 10.6 Å². The highest BCUT2D eigenvalue weighted by atomic mass is 16.4. The Kier molecular flexibility index (Phi) is 4.51. The minimum atomic E-state index is -1.11. The van der Waals surface area contributed by atoms with Gasteiger partial charge in [-0.25, -0.2) is 4.79 Å². The van der Waals surface area contributed by atoms with E-state index in [1.807, 2.05) is 6.07 Å². The van der Waals surface area contributed by atoms with Gasteiger partial charge in [0, 0.05) is 5.69 Å². The molecular weight excluding hydrogens is 222 g/mol. The number of nitrogens with zero attached hydrogens (tertiary/aromatic N) is 1. The van der Waals surface area contributed by atoms with Gasteiger partial charge in [0.25, 0.3) is 0 Å². The van der Waals surface area contributed by atoms with E-state index in [9.17, 15) is 9.59 Å². The number of carbonyl (C=O) groups is 2. The molecule has 6 heteroatoms. The summed E-state index contributed by atoms with van der Waals surface area (Å²) in [5.74, 6) is -1.11. The van der Waals surface area contributed by atoms with Crippen molar-refractivity contribution in [2.45, 2.75) is 6.42 Å². The number of rotatable bonds is 4. The van der Waals surface area contributed by atoms with Crippen molar-refractivity contribution < 1.29 is 14.7 Å². The third kappa shape index (κ3) is 4.66. The summed E-state index contributed by atoms with van der Waals surface area (Å²) in [7, 11) is 0. The van der Waals surface area contributed by atoms with Gasteiger partial charge in [0.1, 0.15) is 6.54 Å². The monoisotopic (exact) mass is 233 g/mol. The lowest BCUT2D eigenvalue weighted by atomic mass is 10.1. The molecule has 0 aliphatic heterocycles. The van der Waals surface area contributed by atoms with Crippen LogP contribution in [-0.2, 0) is 11.2 Å². The summed E-state index contributed by atoms with van der Waals surface area (Å²) in [6, 6.07) is 8.16. The Balaban J connectivity index is 2.49. The zero-order valence-corrected chi connectivity index (χ0v) is 8.93. The number of nitriles is 1. The first-order valence-electron chi connectivity index (χ1n) is 4.84. The van der Waals surface area contributed by atoms with E-state index in [1.54, 1.807) is 24.3 Å². The van der Waals surface area contributed by atoms with E-state index in [1.165, 1.54) is 0 Å². The van der Waals surface area contributed by atoms with Gasteiger partial charge in [-0.15, -0.1) is 0 Å². The summed E-state index contributed by atoms with van der Waals surface area (Å²) in [6.07, 6.45) is 0.311. The predicted octanol–water partition coefficient (Wildman–Crippen LogP) is 0.959. The van der Waals surface area contributed by atoms with Crippen molar-refractivity contribution in [3.8, 4) is 6.07 Å². The molecule has 2 amide bonds. The van der Waals surface area contributed by atoms with Crippen molar-refractivity contribution in [1.29, 1.82) is 5.26 Å². The van der Waals surface area contributed by atoms with Crippen LogP contribution in [0.3, 0.4) is 0 Å². The Labute approximate surface area is 97.9 Å². The van der Waals surface area contributed by atoms with Crippen LogP contribution in [0.25, 0.3) is 0 Å². The van der Waals surface area contributed by atoms with Crippen LogP contribution in [0.2, 0.25) is 0 Å². The van der Waals surface area contributed by atoms with Crippen LogP contribution in [0.15, 0.2) is 24.3 Å². The normalized spacial score (nSPS) is 9.12. The molecule has 3 N–H and O–H groups in total. The van der Waals surface area contributed by atoms with Crippen molar-refractivity contribution in [3.63, 3.8) is 0 Å². The number of hydrogen-bond acceptors (Lipinski definition) is 3. The third-order valence-electron chi connectivity index (χ3n) is 1.90. The minimum Gasteiger partial charge on any atom is -0.480 e. The number of nitrogens with one attached hydrogen (secondary N) is 2. The van der Waals surface area contributed by atoms with E-state index in [-0.39, 0.29) is 0 Å². The van der Waals surface area contributed by atoms with Crippen LogP contribution in [-0.4, -0.2) is 23.7 Å². The van der Waals surface area contributed by atoms with Crippen LogP contribution in [0.5, 0.6) is 0 Å². The second kappa shape index (κ2) is 6.12. The number of benzene rings is 1. The summed E-state index contributed by atoms with van der Waals surface area (Å²) < 4.78 is 0. The van der Waals surface area contributed by atoms with Gasteiger partial charge in [0.15, 0.2) is 0 Å². The van der Waals surface area contributed by atoms with Crippen LogP contribution in [0, 0.1) is 11.3 Å². The first-order valence-corrected chi connectivity index (χ1v) is 4.84. The third-order valence-corrected chi connectivity index (χ3v) is 1.90. The highest BCUT2D eigenvalue weighted by Crippen LogP contribution is 2.09. The van der Waals surface area contributed by atoms with Gasteiger partial charge in [-0.05, 0) is 17.7 Å². The summed E-state index contributed by atoms with van der Waals surface area (Å²) >= 11 is 0. The molecule has 0 heterocycles. The van der Waals surface area contributed by atoms with E-state index in [0.29, 0.717) is 12.1 Å². The fourth-order valence-corrected chi connectivity index (χ4v) is 1.13. The Morgan fingerprint density at radius 3 is 2.47 bits per heavy atom. The lowest BCUT2D eigenvalue weighted by molar-refractivity contribution is -0.135. The molecule has 0 aliphatic carbocycles. The quantitative estimate of drug-likeness (QED) is 0.720. The smallest absolute Gasteiger partial charge is 0.323 e. The maximum absolute atomic E-state index is 11.2. The van der Waals surface area contributed by atoms with Gasteiger partial charge in [-0.3, -0.25) is 4.79 Å². The topological polar surface area (TPSA) is 102 Å². The maximum atomic E-state index is 11.2. The molecule has 0 aliphatic rings. The second-order valence-electron chi connectivity index (χ2n) is 3.23. The highest BCUT2D eigenvalue weighted by molar-refractivity contribution is 5.91. The zero-order chi connectivity index (χ0) is 12.7. The van der Waals surface area contributed by atoms with Gasteiger partial charge in [0.05, 0.1) is 12.5 Å². The molecule has 0 radical (unpaired) electrons. The average molecular weight is 233 g/mol. The van der Waals surface area contributed by atoms with Gasteiger partial charge in [-0.2, -0.15) is 5.26 Å². The molecule has 0 aromatic heterocycles. The van der Waals surface area contributed by atoms with Crippen molar-refractivity contribution in [2.24, 2.45) is 0 Å². The van der Waals surface area contributed by atoms with Crippen LogP contribution in [0.1, 0.15) is 5.56 Å². The summed E-state index contributed by atoms with van der Waals surface area (Å²) in [5, 5.41) is 21.5. The van der Waals surface area contributed by atoms with Crippen LogP contribution >= 0.6 is 0 Å². The molecule has 17 heavy (non-hydrogen) atoms. The van der Waals surface area contributed by atoms with Gasteiger partial charge < -0.3 is 15.7 Å². The molecule has 88 valence electrons. The van der Waals surface area contributed by atoms with Crippen LogP contribution in [0.4, 0.5) is 10.5 Å². The number of aliphatic carboxylic acids is 1. The predicted molar refractivity (Wildman–Crippen MR) is 60.4 cm³/mol. The van der Waals surface area contributed by atoms with E-state index in [4.69, 9.17) is 10.4 Å². The number of carboxylic acid groups (broad SMARTS) is 1. The molecule has 0 unspecified atom stereocenters. The number of urea groups is 1. The first kappa shape index (κ1) is 12.5. The van der Waals surface area contributed by atoms with Crippen LogP contribution < -0.4 is 10.6 Å². The molecule has 0 saturated heterocycles. The molecule has 1 aromatic carbocycles. The summed E-state index contributed by atoms with van der Waals surface area (Å²) in [4.78, 5) is 21.4. The van der Waals surface area contributed by atoms with Crippen molar-refractivity contribution in [1.82, 2.24) is 5.32 Å². The molecule has 0 spiro atoms. The zero-order valence-electron chi connectivity index (χ0n) is 8.93. The van der Waals surface area contributed by atoms with Gasteiger partial charge >= 0.3 is 12.0 Å². The molecule has 0 atom stereocenters. The summed E-state index contributed by atoms with van der Waals surface area (Å²) in [6.45, 7) is -0.432. The standard InChI is InChI=1S/C11H11N3O3/c12-6-5-8-1-3-9(4-2-8)14-11(17)13-7-10(15)16/h1-4H,5,7H2,(H,15,16)(H2,13,14,17). The molecule has 0 bridgehead atoms. The number of carbonyl (C=O) groups excluding carboxylic acids is 1. The SMILES string of the molecule is N#CCc1ccc(NC(=O)NCC(=O)O)cc1. The average Bonchev–Trinajstić information content (AvgIpc) is 2.29. The van der Waals surface area contributed by atoms with E-state index < -0.39 is 18.5 Å².